The van der Waals surface area contributed by atoms with Crippen molar-refractivity contribution in [3.8, 4) is 0 Å². The van der Waals surface area contributed by atoms with Gasteiger partial charge in [-0.15, -0.1) is 0 Å². The van der Waals surface area contributed by atoms with Gasteiger partial charge in [0.05, 0.1) is 13.2 Å². The van der Waals surface area contributed by atoms with Crippen molar-refractivity contribution in [2.24, 2.45) is 0 Å². The molecule has 0 radical (unpaired) electrons. The minimum Gasteiger partial charge on any atom is -0.378 e. The molecule has 18 heavy (non-hydrogen) atoms. The van der Waals surface area contributed by atoms with Crippen LogP contribution in [0.3, 0.4) is 0 Å². The van der Waals surface area contributed by atoms with E-state index < -0.39 is 0 Å². The summed E-state index contributed by atoms with van der Waals surface area (Å²) in [6, 6.07) is 4.49. The molecule has 1 saturated heterocycles. The van der Waals surface area contributed by atoms with Gasteiger partial charge in [-0.05, 0) is 42.5 Å². The van der Waals surface area contributed by atoms with Gasteiger partial charge in [0.15, 0.2) is 0 Å². The Bertz CT molecular complexity index is 464. The highest BCUT2D eigenvalue weighted by Crippen LogP contribution is 2.45. The van der Waals surface area contributed by atoms with Gasteiger partial charge in [0.1, 0.15) is 5.60 Å². The molecule has 1 fully saturated rings. The van der Waals surface area contributed by atoms with Gasteiger partial charge < -0.3 is 9.47 Å². The Balaban J connectivity index is 2.15. The van der Waals surface area contributed by atoms with E-state index in [4.69, 9.17) is 9.47 Å². The lowest BCUT2D eigenvalue weighted by atomic mass is 9.79. The Morgan fingerprint density at radius 2 is 2.22 bits per heavy atom. The maximum Gasteiger partial charge on any atom is 0.117 e. The molecule has 3 heteroatoms. The fraction of sp³-hybridized carbons (Fsp3) is 0.600. The SMILES string of the molecule is Cc1cc(Br)c2c(c1)C1(CCCOC1)OC[C@H]2C. The van der Waals surface area contributed by atoms with Gasteiger partial charge in [-0.3, -0.25) is 0 Å². The van der Waals surface area contributed by atoms with Crippen molar-refractivity contribution in [2.45, 2.75) is 38.2 Å². The number of halogens is 1. The van der Waals surface area contributed by atoms with Crippen molar-refractivity contribution in [3.05, 3.63) is 33.3 Å². The third-order valence-corrected chi connectivity index (χ3v) is 4.73. The van der Waals surface area contributed by atoms with E-state index in [-0.39, 0.29) is 5.60 Å². The van der Waals surface area contributed by atoms with E-state index in [1.54, 1.807) is 0 Å². The molecule has 0 aliphatic carbocycles. The third kappa shape index (κ3) is 1.93. The van der Waals surface area contributed by atoms with Gasteiger partial charge in [-0.2, -0.15) is 0 Å². The molecule has 1 spiro atoms. The summed E-state index contributed by atoms with van der Waals surface area (Å²) in [4.78, 5) is 0. The molecule has 1 aromatic carbocycles. The van der Waals surface area contributed by atoms with Crippen molar-refractivity contribution in [1.82, 2.24) is 0 Å². The number of rotatable bonds is 0. The van der Waals surface area contributed by atoms with E-state index in [0.29, 0.717) is 12.5 Å². The highest BCUT2D eigenvalue weighted by atomic mass is 79.9. The predicted octanol–water partition coefficient (Wildman–Crippen LogP) is 3.90. The molecule has 3 rings (SSSR count). The highest BCUT2D eigenvalue weighted by molar-refractivity contribution is 9.10. The first-order valence-electron chi connectivity index (χ1n) is 6.65. The lowest BCUT2D eigenvalue weighted by Gasteiger charge is -2.44. The summed E-state index contributed by atoms with van der Waals surface area (Å²) in [6.45, 7) is 6.72. The van der Waals surface area contributed by atoms with Crippen LogP contribution in [0, 0.1) is 6.92 Å². The van der Waals surface area contributed by atoms with Gasteiger partial charge in [0.25, 0.3) is 0 Å². The lowest BCUT2D eigenvalue weighted by molar-refractivity contribution is -0.145. The van der Waals surface area contributed by atoms with Gasteiger partial charge >= 0.3 is 0 Å². The normalized spacial score (nSPS) is 31.4. The second-order valence-electron chi connectivity index (χ2n) is 5.57. The van der Waals surface area contributed by atoms with Gasteiger partial charge in [-0.1, -0.05) is 28.9 Å². The van der Waals surface area contributed by atoms with E-state index in [2.05, 4.69) is 41.9 Å². The molecule has 0 amide bonds. The smallest absolute Gasteiger partial charge is 0.117 e. The van der Waals surface area contributed by atoms with E-state index in [1.807, 2.05) is 0 Å². The summed E-state index contributed by atoms with van der Waals surface area (Å²) in [5.74, 6) is 0.447. The maximum atomic E-state index is 6.21. The largest absolute Gasteiger partial charge is 0.378 e. The van der Waals surface area contributed by atoms with Crippen LogP contribution < -0.4 is 0 Å². The molecule has 0 N–H and O–H groups in total. The van der Waals surface area contributed by atoms with Crippen LogP contribution in [0.1, 0.15) is 42.4 Å². The highest BCUT2D eigenvalue weighted by Gasteiger charge is 2.42. The van der Waals surface area contributed by atoms with E-state index in [1.165, 1.54) is 21.2 Å². The Morgan fingerprint density at radius 1 is 1.39 bits per heavy atom. The second kappa shape index (κ2) is 4.62. The Hall–Kier alpha value is -0.380. The van der Waals surface area contributed by atoms with Gasteiger partial charge in [0.2, 0.25) is 0 Å². The average molecular weight is 311 g/mol. The summed E-state index contributed by atoms with van der Waals surface area (Å²) < 4.78 is 13.1. The molecule has 2 heterocycles. The molecule has 1 aromatic rings. The minimum atomic E-state index is -0.200. The first-order chi connectivity index (χ1) is 8.62. The summed E-state index contributed by atoms with van der Waals surface area (Å²) in [6.07, 6.45) is 2.15. The molecule has 2 aliphatic rings. The summed E-state index contributed by atoms with van der Waals surface area (Å²) >= 11 is 3.73. The summed E-state index contributed by atoms with van der Waals surface area (Å²) in [5.41, 5.74) is 3.84. The zero-order valence-electron chi connectivity index (χ0n) is 11.0. The van der Waals surface area contributed by atoms with Crippen LogP contribution in [0.5, 0.6) is 0 Å². The van der Waals surface area contributed by atoms with Crippen LogP contribution in [-0.2, 0) is 15.1 Å². The number of hydrogen-bond donors (Lipinski definition) is 0. The van der Waals surface area contributed by atoms with Crippen molar-refractivity contribution < 1.29 is 9.47 Å². The molecule has 0 bridgehead atoms. The molecule has 1 unspecified atom stereocenters. The molecule has 2 nitrogen and oxygen atoms in total. The molecular weight excluding hydrogens is 292 g/mol. The van der Waals surface area contributed by atoms with Crippen LogP contribution in [0.25, 0.3) is 0 Å². The topological polar surface area (TPSA) is 18.5 Å². The van der Waals surface area contributed by atoms with Crippen LogP contribution in [0.2, 0.25) is 0 Å². The fourth-order valence-corrected chi connectivity index (χ4v) is 4.14. The molecule has 2 atom stereocenters. The fourth-order valence-electron chi connectivity index (χ4n) is 3.17. The monoisotopic (exact) mass is 310 g/mol. The summed E-state index contributed by atoms with van der Waals surface area (Å²) in [5, 5.41) is 0. The number of fused-ring (bicyclic) bond motifs is 2. The van der Waals surface area contributed by atoms with E-state index >= 15 is 0 Å². The quantitative estimate of drug-likeness (QED) is 0.723. The summed E-state index contributed by atoms with van der Waals surface area (Å²) in [7, 11) is 0. The van der Waals surface area contributed by atoms with E-state index in [0.717, 1.165) is 26.1 Å². The second-order valence-corrected chi connectivity index (χ2v) is 6.42. The minimum absolute atomic E-state index is 0.200. The predicted molar refractivity (Wildman–Crippen MR) is 75.0 cm³/mol. The lowest BCUT2D eigenvalue weighted by Crippen LogP contribution is -2.43. The Labute approximate surface area is 117 Å². The molecule has 2 aliphatic heterocycles. The van der Waals surface area contributed by atoms with Crippen LogP contribution >= 0.6 is 15.9 Å². The van der Waals surface area contributed by atoms with Gasteiger partial charge in [-0.25, -0.2) is 0 Å². The number of aryl methyl sites for hydroxylation is 1. The Kier molecular flexibility index (Phi) is 3.25. The van der Waals surface area contributed by atoms with Crippen LogP contribution in [0.4, 0.5) is 0 Å². The van der Waals surface area contributed by atoms with Gasteiger partial charge in [0, 0.05) is 17.0 Å². The van der Waals surface area contributed by atoms with Crippen molar-refractivity contribution in [2.75, 3.05) is 19.8 Å². The van der Waals surface area contributed by atoms with Crippen molar-refractivity contribution in [1.29, 1.82) is 0 Å². The number of ether oxygens (including phenoxy) is 2. The first kappa shape index (κ1) is 12.6. The van der Waals surface area contributed by atoms with Crippen molar-refractivity contribution in [3.63, 3.8) is 0 Å². The van der Waals surface area contributed by atoms with Crippen LogP contribution in [0.15, 0.2) is 16.6 Å². The molecular formula is C15H19BrO2. The number of hydrogen-bond acceptors (Lipinski definition) is 2. The third-order valence-electron chi connectivity index (χ3n) is 4.07. The molecule has 0 aromatic heterocycles. The average Bonchev–Trinajstić information content (AvgIpc) is 2.35. The van der Waals surface area contributed by atoms with Crippen molar-refractivity contribution >= 4 is 15.9 Å². The number of benzene rings is 1. The zero-order chi connectivity index (χ0) is 12.8. The Morgan fingerprint density at radius 3 is 2.94 bits per heavy atom. The first-order valence-corrected chi connectivity index (χ1v) is 7.44. The van der Waals surface area contributed by atoms with E-state index in [9.17, 15) is 0 Å². The van der Waals surface area contributed by atoms with Crippen LogP contribution in [-0.4, -0.2) is 19.8 Å². The maximum absolute atomic E-state index is 6.21. The standard InChI is InChI=1S/C15H19BrO2/c1-10-6-12-14(13(16)7-10)11(2)8-18-15(12)4-3-5-17-9-15/h6-7,11H,3-5,8-9H2,1-2H3/t11-,15?/m1/s1. The molecule has 98 valence electrons. The molecule has 0 saturated carbocycles. The zero-order valence-corrected chi connectivity index (χ0v) is 12.5.